The Morgan fingerprint density at radius 3 is 2.70 bits per heavy atom. The summed E-state index contributed by atoms with van der Waals surface area (Å²) in [5.74, 6) is 0.724. The van der Waals surface area contributed by atoms with Crippen LogP contribution < -0.4 is 10.5 Å². The SMILES string of the molecule is CCC(CC)n1ccc(COc2cccc(C)c2N)n1. The van der Waals surface area contributed by atoms with Gasteiger partial charge in [0.2, 0.25) is 0 Å². The molecule has 0 saturated heterocycles. The molecule has 2 rings (SSSR count). The second-order valence-corrected chi connectivity index (χ2v) is 5.03. The van der Waals surface area contributed by atoms with Crippen molar-refractivity contribution in [2.24, 2.45) is 0 Å². The van der Waals surface area contributed by atoms with E-state index in [4.69, 9.17) is 10.5 Å². The number of nitrogens with two attached hydrogens (primary N) is 1. The lowest BCUT2D eigenvalue weighted by atomic mass is 10.2. The summed E-state index contributed by atoms with van der Waals surface area (Å²) in [4.78, 5) is 0. The fraction of sp³-hybridized carbons (Fsp3) is 0.438. The van der Waals surface area contributed by atoms with E-state index in [1.165, 1.54) is 0 Å². The van der Waals surface area contributed by atoms with E-state index in [0.717, 1.165) is 29.8 Å². The molecule has 20 heavy (non-hydrogen) atoms. The maximum absolute atomic E-state index is 5.99. The molecule has 0 amide bonds. The molecule has 0 saturated carbocycles. The second-order valence-electron chi connectivity index (χ2n) is 5.03. The first kappa shape index (κ1) is 14.4. The van der Waals surface area contributed by atoms with Gasteiger partial charge in [0.25, 0.3) is 0 Å². The Hall–Kier alpha value is -1.97. The molecule has 1 aromatic carbocycles. The third kappa shape index (κ3) is 3.13. The van der Waals surface area contributed by atoms with Gasteiger partial charge in [0.1, 0.15) is 12.4 Å². The summed E-state index contributed by atoms with van der Waals surface area (Å²) in [6, 6.07) is 8.28. The lowest BCUT2D eigenvalue weighted by Crippen LogP contribution is -2.08. The van der Waals surface area contributed by atoms with Crippen LogP contribution in [0.15, 0.2) is 30.5 Å². The van der Waals surface area contributed by atoms with Gasteiger partial charge in [-0.05, 0) is 37.5 Å². The van der Waals surface area contributed by atoms with Gasteiger partial charge in [-0.15, -0.1) is 0 Å². The zero-order valence-corrected chi connectivity index (χ0v) is 12.5. The molecule has 4 nitrogen and oxygen atoms in total. The Balaban J connectivity index is 2.03. The number of hydrogen-bond acceptors (Lipinski definition) is 3. The highest BCUT2D eigenvalue weighted by molar-refractivity contribution is 5.57. The molecule has 0 spiro atoms. The zero-order chi connectivity index (χ0) is 14.5. The molecule has 0 radical (unpaired) electrons. The molecule has 0 unspecified atom stereocenters. The van der Waals surface area contributed by atoms with E-state index in [0.29, 0.717) is 18.3 Å². The molecule has 2 aromatic rings. The third-order valence-corrected chi connectivity index (χ3v) is 3.64. The monoisotopic (exact) mass is 273 g/mol. The van der Waals surface area contributed by atoms with Crippen LogP contribution in [0.3, 0.4) is 0 Å². The number of hydrogen-bond donors (Lipinski definition) is 1. The molecule has 4 heteroatoms. The van der Waals surface area contributed by atoms with Crippen LogP contribution >= 0.6 is 0 Å². The van der Waals surface area contributed by atoms with Crippen LogP contribution in [0.25, 0.3) is 0 Å². The quantitative estimate of drug-likeness (QED) is 0.816. The Morgan fingerprint density at radius 1 is 1.25 bits per heavy atom. The van der Waals surface area contributed by atoms with E-state index in [2.05, 4.69) is 18.9 Å². The number of aromatic nitrogens is 2. The standard InChI is InChI=1S/C16H23N3O/c1-4-14(5-2)19-10-9-13(18-19)11-20-15-8-6-7-12(3)16(15)17/h6-10,14H,4-5,11,17H2,1-3H3. The fourth-order valence-corrected chi connectivity index (χ4v) is 2.25. The number of ether oxygens (including phenoxy) is 1. The summed E-state index contributed by atoms with van der Waals surface area (Å²) >= 11 is 0. The first-order valence-electron chi connectivity index (χ1n) is 7.17. The van der Waals surface area contributed by atoms with E-state index < -0.39 is 0 Å². The summed E-state index contributed by atoms with van der Waals surface area (Å²) in [6.45, 7) is 6.78. The molecule has 0 aliphatic rings. The van der Waals surface area contributed by atoms with Gasteiger partial charge in [0.05, 0.1) is 17.4 Å². The van der Waals surface area contributed by atoms with E-state index in [-0.39, 0.29) is 0 Å². The van der Waals surface area contributed by atoms with Crippen molar-refractivity contribution in [1.82, 2.24) is 9.78 Å². The van der Waals surface area contributed by atoms with E-state index >= 15 is 0 Å². The van der Waals surface area contributed by atoms with Crippen LogP contribution in [-0.2, 0) is 6.61 Å². The van der Waals surface area contributed by atoms with Crippen molar-refractivity contribution in [3.8, 4) is 5.75 Å². The van der Waals surface area contributed by atoms with Crippen molar-refractivity contribution < 1.29 is 4.74 Å². The van der Waals surface area contributed by atoms with Gasteiger partial charge in [-0.2, -0.15) is 5.10 Å². The molecule has 0 aliphatic heterocycles. The number of para-hydroxylation sites is 1. The minimum Gasteiger partial charge on any atom is -0.485 e. The highest BCUT2D eigenvalue weighted by Gasteiger charge is 2.09. The number of nitrogens with zero attached hydrogens (tertiary/aromatic N) is 2. The molecular formula is C16H23N3O. The number of anilines is 1. The smallest absolute Gasteiger partial charge is 0.143 e. The van der Waals surface area contributed by atoms with Crippen molar-refractivity contribution in [3.63, 3.8) is 0 Å². The normalized spacial score (nSPS) is 11.0. The number of benzene rings is 1. The topological polar surface area (TPSA) is 53.1 Å². The van der Waals surface area contributed by atoms with Crippen molar-refractivity contribution in [3.05, 3.63) is 41.7 Å². The predicted octanol–water partition coefficient (Wildman–Crippen LogP) is 3.71. The number of nitrogen functional groups attached to an aromatic ring is 1. The van der Waals surface area contributed by atoms with Gasteiger partial charge < -0.3 is 10.5 Å². The van der Waals surface area contributed by atoms with Gasteiger partial charge in [0.15, 0.2) is 0 Å². The van der Waals surface area contributed by atoms with Gasteiger partial charge >= 0.3 is 0 Å². The van der Waals surface area contributed by atoms with Crippen LogP contribution in [0.5, 0.6) is 5.75 Å². The van der Waals surface area contributed by atoms with Crippen molar-refractivity contribution in [1.29, 1.82) is 0 Å². The third-order valence-electron chi connectivity index (χ3n) is 3.64. The average molecular weight is 273 g/mol. The summed E-state index contributed by atoms with van der Waals surface area (Å²) in [5, 5.41) is 4.57. The molecule has 108 valence electrons. The molecule has 1 aromatic heterocycles. The first-order valence-corrected chi connectivity index (χ1v) is 7.17. The van der Waals surface area contributed by atoms with Gasteiger partial charge in [0, 0.05) is 6.20 Å². The van der Waals surface area contributed by atoms with E-state index in [1.54, 1.807) is 0 Å². The highest BCUT2D eigenvalue weighted by atomic mass is 16.5. The van der Waals surface area contributed by atoms with Gasteiger partial charge in [-0.25, -0.2) is 0 Å². The molecule has 0 aliphatic carbocycles. The van der Waals surface area contributed by atoms with Crippen molar-refractivity contribution in [2.75, 3.05) is 5.73 Å². The van der Waals surface area contributed by atoms with E-state index in [1.807, 2.05) is 42.1 Å². The van der Waals surface area contributed by atoms with Crippen molar-refractivity contribution >= 4 is 5.69 Å². The second kappa shape index (κ2) is 6.46. The zero-order valence-electron chi connectivity index (χ0n) is 12.5. The van der Waals surface area contributed by atoms with Crippen molar-refractivity contribution in [2.45, 2.75) is 46.3 Å². The summed E-state index contributed by atoms with van der Waals surface area (Å²) in [5.41, 5.74) is 8.65. The lowest BCUT2D eigenvalue weighted by Gasteiger charge is -2.12. The van der Waals surface area contributed by atoms with E-state index in [9.17, 15) is 0 Å². The Labute approximate surface area is 120 Å². The minimum absolute atomic E-state index is 0.445. The first-order chi connectivity index (χ1) is 9.65. The molecule has 1 heterocycles. The predicted molar refractivity (Wildman–Crippen MR) is 81.8 cm³/mol. The molecule has 0 bridgehead atoms. The Morgan fingerprint density at radius 2 is 2.00 bits per heavy atom. The fourth-order valence-electron chi connectivity index (χ4n) is 2.25. The van der Waals surface area contributed by atoms with Crippen LogP contribution in [0.2, 0.25) is 0 Å². The maximum atomic E-state index is 5.99. The summed E-state index contributed by atoms with van der Waals surface area (Å²) < 4.78 is 7.79. The molecular weight excluding hydrogens is 250 g/mol. The largest absolute Gasteiger partial charge is 0.485 e. The molecule has 2 N–H and O–H groups in total. The Bertz CT molecular complexity index is 559. The number of aryl methyl sites for hydroxylation is 1. The van der Waals surface area contributed by atoms with Gasteiger partial charge in [-0.3, -0.25) is 4.68 Å². The Kier molecular flexibility index (Phi) is 4.66. The van der Waals surface area contributed by atoms with Crippen LogP contribution in [-0.4, -0.2) is 9.78 Å². The highest BCUT2D eigenvalue weighted by Crippen LogP contribution is 2.25. The van der Waals surface area contributed by atoms with Crippen LogP contribution in [0.1, 0.15) is 44.0 Å². The number of rotatable bonds is 6. The van der Waals surface area contributed by atoms with Crippen LogP contribution in [0.4, 0.5) is 5.69 Å². The average Bonchev–Trinajstić information content (AvgIpc) is 2.91. The lowest BCUT2D eigenvalue weighted by molar-refractivity contribution is 0.298. The van der Waals surface area contributed by atoms with Crippen LogP contribution in [0, 0.1) is 6.92 Å². The summed E-state index contributed by atoms with van der Waals surface area (Å²) in [6.07, 6.45) is 4.20. The molecule has 0 atom stereocenters. The minimum atomic E-state index is 0.445. The summed E-state index contributed by atoms with van der Waals surface area (Å²) in [7, 11) is 0. The molecule has 0 fully saturated rings. The maximum Gasteiger partial charge on any atom is 0.143 e. The van der Waals surface area contributed by atoms with Gasteiger partial charge in [-0.1, -0.05) is 26.0 Å².